The van der Waals surface area contributed by atoms with Gasteiger partial charge >= 0.3 is 0 Å². The average Bonchev–Trinajstić information content (AvgIpc) is 2.82. The summed E-state index contributed by atoms with van der Waals surface area (Å²) in [7, 11) is 0. The Hall–Kier alpha value is 0.650. The van der Waals surface area contributed by atoms with Gasteiger partial charge in [-0.1, -0.05) is 29.5 Å². The molecule has 1 unspecified atom stereocenters. The Balaban J connectivity index is 1.79. The molecule has 0 aromatic heterocycles. The van der Waals surface area contributed by atoms with Crippen LogP contribution in [0.1, 0.15) is 45.4 Å². The molecule has 2 rings (SSSR count). The molecule has 3 heteroatoms. The Labute approximate surface area is 113 Å². The van der Waals surface area contributed by atoms with Crippen molar-refractivity contribution in [1.82, 2.24) is 0 Å². The van der Waals surface area contributed by atoms with E-state index < -0.39 is 0 Å². The predicted octanol–water partition coefficient (Wildman–Crippen LogP) is 3.57. The zero-order valence-corrected chi connectivity index (χ0v) is 12.4. The summed E-state index contributed by atoms with van der Waals surface area (Å²) in [6, 6.07) is 0. The molecule has 1 saturated heterocycles. The minimum atomic E-state index is 0.166. The average molecular weight is 338 g/mol. The molecule has 2 fully saturated rings. The molecule has 0 radical (unpaired) electrons. The van der Waals surface area contributed by atoms with Crippen molar-refractivity contribution in [1.29, 1.82) is 0 Å². The van der Waals surface area contributed by atoms with E-state index >= 15 is 0 Å². The number of halogens is 1. The molecular weight excluding hydrogens is 315 g/mol. The second-order valence-corrected chi connectivity index (χ2v) is 6.21. The van der Waals surface area contributed by atoms with E-state index in [9.17, 15) is 0 Å². The predicted molar refractivity (Wildman–Crippen MR) is 74.2 cm³/mol. The van der Waals surface area contributed by atoms with Crippen LogP contribution < -0.4 is 0 Å². The SMILES string of the molecule is CC1CCC(CI)(OCC2CCCO2)CC1. The van der Waals surface area contributed by atoms with E-state index in [1.54, 1.807) is 0 Å². The van der Waals surface area contributed by atoms with Crippen molar-refractivity contribution >= 4 is 22.6 Å². The van der Waals surface area contributed by atoms with Gasteiger partial charge in [-0.3, -0.25) is 0 Å². The molecule has 2 aliphatic rings. The van der Waals surface area contributed by atoms with Gasteiger partial charge in [-0.2, -0.15) is 0 Å². The monoisotopic (exact) mass is 338 g/mol. The lowest BCUT2D eigenvalue weighted by molar-refractivity contribution is -0.0915. The maximum atomic E-state index is 6.22. The van der Waals surface area contributed by atoms with Gasteiger partial charge in [0.2, 0.25) is 0 Å². The molecule has 1 aliphatic heterocycles. The minimum absolute atomic E-state index is 0.166. The molecule has 0 aromatic rings. The largest absolute Gasteiger partial charge is 0.376 e. The fraction of sp³-hybridized carbons (Fsp3) is 1.00. The van der Waals surface area contributed by atoms with Crippen LogP contribution in [0, 0.1) is 5.92 Å². The summed E-state index contributed by atoms with van der Waals surface area (Å²) in [4.78, 5) is 0. The van der Waals surface area contributed by atoms with E-state index in [0.29, 0.717) is 6.10 Å². The van der Waals surface area contributed by atoms with Crippen LogP contribution >= 0.6 is 22.6 Å². The van der Waals surface area contributed by atoms with Gasteiger partial charge in [-0.05, 0) is 44.4 Å². The Morgan fingerprint density at radius 3 is 2.62 bits per heavy atom. The second kappa shape index (κ2) is 6.01. The van der Waals surface area contributed by atoms with E-state index in [4.69, 9.17) is 9.47 Å². The van der Waals surface area contributed by atoms with Crippen molar-refractivity contribution in [3.8, 4) is 0 Å². The van der Waals surface area contributed by atoms with Crippen LogP contribution in [0.2, 0.25) is 0 Å². The van der Waals surface area contributed by atoms with Gasteiger partial charge < -0.3 is 9.47 Å². The number of hydrogen-bond donors (Lipinski definition) is 0. The quantitative estimate of drug-likeness (QED) is 0.576. The molecule has 1 atom stereocenters. The molecule has 0 bridgehead atoms. The summed E-state index contributed by atoms with van der Waals surface area (Å²) < 4.78 is 13.0. The standard InChI is InChI=1S/C13H23IO2/c1-11-4-6-13(10-14,7-5-11)16-9-12-3-2-8-15-12/h11-12H,2-10H2,1H3. The highest BCUT2D eigenvalue weighted by Crippen LogP contribution is 2.36. The first-order valence-electron chi connectivity index (χ1n) is 6.56. The van der Waals surface area contributed by atoms with Crippen molar-refractivity contribution in [3.05, 3.63) is 0 Å². The van der Waals surface area contributed by atoms with Crippen LogP contribution in [0.25, 0.3) is 0 Å². The Bertz CT molecular complexity index is 206. The first-order valence-corrected chi connectivity index (χ1v) is 8.08. The maximum Gasteiger partial charge on any atom is 0.0809 e. The first kappa shape index (κ1) is 13.1. The fourth-order valence-electron chi connectivity index (χ4n) is 2.65. The van der Waals surface area contributed by atoms with Gasteiger partial charge in [0, 0.05) is 11.0 Å². The topological polar surface area (TPSA) is 18.5 Å². The van der Waals surface area contributed by atoms with Crippen LogP contribution in [0.5, 0.6) is 0 Å². The first-order chi connectivity index (χ1) is 7.74. The molecular formula is C13H23IO2. The van der Waals surface area contributed by atoms with Crippen molar-refractivity contribution in [2.45, 2.75) is 57.2 Å². The van der Waals surface area contributed by atoms with Gasteiger partial charge in [-0.15, -0.1) is 0 Å². The highest BCUT2D eigenvalue weighted by atomic mass is 127. The Morgan fingerprint density at radius 1 is 1.31 bits per heavy atom. The maximum absolute atomic E-state index is 6.22. The lowest BCUT2D eigenvalue weighted by Crippen LogP contribution is -2.40. The zero-order valence-electron chi connectivity index (χ0n) is 10.2. The summed E-state index contributed by atoms with van der Waals surface area (Å²) in [5.41, 5.74) is 0.166. The van der Waals surface area contributed by atoms with E-state index in [2.05, 4.69) is 29.5 Å². The van der Waals surface area contributed by atoms with E-state index in [0.717, 1.165) is 23.6 Å². The van der Waals surface area contributed by atoms with E-state index in [-0.39, 0.29) is 5.60 Å². The third-order valence-electron chi connectivity index (χ3n) is 4.03. The number of ether oxygens (including phenoxy) is 2. The number of rotatable bonds is 4. The Kier molecular flexibility index (Phi) is 4.91. The number of hydrogen-bond acceptors (Lipinski definition) is 2. The Morgan fingerprint density at radius 2 is 2.06 bits per heavy atom. The van der Waals surface area contributed by atoms with Crippen molar-refractivity contribution in [3.63, 3.8) is 0 Å². The fourth-order valence-corrected chi connectivity index (χ4v) is 3.63. The second-order valence-electron chi connectivity index (χ2n) is 5.45. The summed E-state index contributed by atoms with van der Waals surface area (Å²) in [6.07, 6.45) is 7.91. The molecule has 2 nitrogen and oxygen atoms in total. The summed E-state index contributed by atoms with van der Waals surface area (Å²) >= 11 is 2.49. The van der Waals surface area contributed by atoms with Crippen LogP contribution in [0.3, 0.4) is 0 Å². The van der Waals surface area contributed by atoms with Crippen molar-refractivity contribution in [2.75, 3.05) is 17.6 Å². The van der Waals surface area contributed by atoms with Crippen LogP contribution in [-0.2, 0) is 9.47 Å². The van der Waals surface area contributed by atoms with Crippen LogP contribution in [-0.4, -0.2) is 29.3 Å². The van der Waals surface area contributed by atoms with Gasteiger partial charge in [-0.25, -0.2) is 0 Å². The summed E-state index contributed by atoms with van der Waals surface area (Å²) in [5.74, 6) is 0.891. The minimum Gasteiger partial charge on any atom is -0.376 e. The summed E-state index contributed by atoms with van der Waals surface area (Å²) in [6.45, 7) is 4.11. The third kappa shape index (κ3) is 3.33. The molecule has 0 spiro atoms. The smallest absolute Gasteiger partial charge is 0.0809 e. The molecule has 0 aromatic carbocycles. The lowest BCUT2D eigenvalue weighted by atomic mass is 9.80. The lowest BCUT2D eigenvalue weighted by Gasteiger charge is -2.38. The zero-order chi connectivity index (χ0) is 11.4. The third-order valence-corrected chi connectivity index (χ3v) is 5.42. The molecule has 16 heavy (non-hydrogen) atoms. The van der Waals surface area contributed by atoms with Crippen molar-refractivity contribution < 1.29 is 9.47 Å². The van der Waals surface area contributed by atoms with Gasteiger partial charge in [0.15, 0.2) is 0 Å². The normalized spacial score (nSPS) is 40.1. The van der Waals surface area contributed by atoms with Crippen LogP contribution in [0.15, 0.2) is 0 Å². The number of alkyl halides is 1. The van der Waals surface area contributed by atoms with Gasteiger partial charge in [0.1, 0.15) is 0 Å². The van der Waals surface area contributed by atoms with Crippen molar-refractivity contribution in [2.24, 2.45) is 5.92 Å². The highest BCUT2D eigenvalue weighted by Gasteiger charge is 2.35. The highest BCUT2D eigenvalue weighted by molar-refractivity contribution is 14.1. The molecule has 1 saturated carbocycles. The van der Waals surface area contributed by atoms with Gasteiger partial charge in [0.05, 0.1) is 18.3 Å². The summed E-state index contributed by atoms with van der Waals surface area (Å²) in [5, 5.41) is 0. The molecule has 94 valence electrons. The molecule has 0 amide bonds. The molecule has 1 aliphatic carbocycles. The van der Waals surface area contributed by atoms with E-state index in [1.165, 1.54) is 38.5 Å². The molecule has 1 heterocycles. The molecule has 0 N–H and O–H groups in total. The van der Waals surface area contributed by atoms with E-state index in [1.807, 2.05) is 0 Å². The van der Waals surface area contributed by atoms with Crippen LogP contribution in [0.4, 0.5) is 0 Å². The van der Waals surface area contributed by atoms with Gasteiger partial charge in [0.25, 0.3) is 0 Å².